The molecule has 0 radical (unpaired) electrons. The molecule has 0 saturated heterocycles. The summed E-state index contributed by atoms with van der Waals surface area (Å²) in [6.07, 6.45) is 0. The number of hydrogen-bond acceptors (Lipinski definition) is 2. The second-order valence-corrected chi connectivity index (χ2v) is 5.44. The Morgan fingerprint density at radius 2 is 1.94 bits per heavy atom. The first-order chi connectivity index (χ1) is 8.15. The molecule has 0 saturated carbocycles. The number of hydrogen-bond donors (Lipinski definition) is 0. The Kier molecular flexibility index (Phi) is 4.23. The standard InChI is InChI=1S/C13H12ClIN2/c1-17(9-10-5-3-2-4-6-10)13-8-11(15)7-12(14)16-13/h2-8H,9H2,1H3. The molecule has 0 amide bonds. The van der Waals surface area contributed by atoms with Crippen LogP contribution in [-0.4, -0.2) is 12.0 Å². The van der Waals surface area contributed by atoms with Gasteiger partial charge >= 0.3 is 0 Å². The van der Waals surface area contributed by atoms with Crippen LogP contribution in [0, 0.1) is 3.57 Å². The molecular weight excluding hydrogens is 347 g/mol. The molecule has 1 aromatic heterocycles. The highest BCUT2D eigenvalue weighted by molar-refractivity contribution is 14.1. The van der Waals surface area contributed by atoms with Crippen LogP contribution in [-0.2, 0) is 6.54 Å². The van der Waals surface area contributed by atoms with Crippen LogP contribution in [0.2, 0.25) is 5.15 Å². The van der Waals surface area contributed by atoms with Crippen molar-refractivity contribution >= 4 is 40.0 Å². The van der Waals surface area contributed by atoms with Crippen molar-refractivity contribution in [3.05, 3.63) is 56.8 Å². The minimum Gasteiger partial charge on any atom is -0.355 e. The maximum Gasteiger partial charge on any atom is 0.132 e. The van der Waals surface area contributed by atoms with Gasteiger partial charge in [-0.25, -0.2) is 4.98 Å². The average molecular weight is 359 g/mol. The summed E-state index contributed by atoms with van der Waals surface area (Å²) in [7, 11) is 2.02. The molecule has 2 aromatic rings. The average Bonchev–Trinajstić information content (AvgIpc) is 2.29. The molecule has 0 atom stereocenters. The van der Waals surface area contributed by atoms with Crippen molar-refractivity contribution in [3.8, 4) is 0 Å². The van der Waals surface area contributed by atoms with Gasteiger partial charge in [-0.3, -0.25) is 0 Å². The van der Waals surface area contributed by atoms with Crippen LogP contribution in [0.15, 0.2) is 42.5 Å². The fourth-order valence-electron chi connectivity index (χ4n) is 1.59. The normalized spacial score (nSPS) is 10.3. The lowest BCUT2D eigenvalue weighted by molar-refractivity contribution is 0.897. The molecule has 88 valence electrons. The van der Waals surface area contributed by atoms with Gasteiger partial charge in [-0.2, -0.15) is 0 Å². The Balaban J connectivity index is 2.17. The summed E-state index contributed by atoms with van der Waals surface area (Å²) in [6.45, 7) is 0.824. The van der Waals surface area contributed by atoms with Gasteiger partial charge in [-0.05, 0) is 40.3 Å². The molecule has 17 heavy (non-hydrogen) atoms. The molecule has 1 heterocycles. The van der Waals surface area contributed by atoms with Gasteiger partial charge in [0.05, 0.1) is 0 Å². The van der Waals surface area contributed by atoms with Crippen molar-refractivity contribution in [1.82, 2.24) is 4.98 Å². The number of aromatic nitrogens is 1. The van der Waals surface area contributed by atoms with Crippen molar-refractivity contribution in [2.75, 3.05) is 11.9 Å². The largest absolute Gasteiger partial charge is 0.355 e. The van der Waals surface area contributed by atoms with Crippen LogP contribution in [0.4, 0.5) is 5.82 Å². The minimum absolute atomic E-state index is 0.534. The van der Waals surface area contributed by atoms with E-state index in [-0.39, 0.29) is 0 Å². The summed E-state index contributed by atoms with van der Waals surface area (Å²) in [4.78, 5) is 6.40. The molecule has 2 rings (SSSR count). The smallest absolute Gasteiger partial charge is 0.132 e. The van der Waals surface area contributed by atoms with Gasteiger partial charge in [-0.15, -0.1) is 0 Å². The fraction of sp³-hybridized carbons (Fsp3) is 0.154. The number of anilines is 1. The lowest BCUT2D eigenvalue weighted by Gasteiger charge is -2.18. The number of nitrogens with zero attached hydrogens (tertiary/aromatic N) is 2. The van der Waals surface area contributed by atoms with Crippen LogP contribution >= 0.6 is 34.2 Å². The zero-order chi connectivity index (χ0) is 12.3. The van der Waals surface area contributed by atoms with Crippen LogP contribution in [0.25, 0.3) is 0 Å². The Bertz CT molecular complexity index is 482. The lowest BCUT2D eigenvalue weighted by atomic mass is 10.2. The fourth-order valence-corrected chi connectivity index (χ4v) is 2.55. The zero-order valence-electron chi connectivity index (χ0n) is 9.40. The van der Waals surface area contributed by atoms with E-state index in [9.17, 15) is 0 Å². The molecule has 0 N–H and O–H groups in total. The van der Waals surface area contributed by atoms with Gasteiger partial charge < -0.3 is 4.90 Å². The summed E-state index contributed by atoms with van der Waals surface area (Å²) < 4.78 is 1.09. The van der Waals surface area contributed by atoms with Gasteiger partial charge in [0.1, 0.15) is 11.0 Å². The van der Waals surface area contributed by atoms with E-state index in [1.165, 1.54) is 5.56 Å². The highest BCUT2D eigenvalue weighted by atomic mass is 127. The minimum atomic E-state index is 0.534. The topological polar surface area (TPSA) is 16.1 Å². The summed E-state index contributed by atoms with van der Waals surface area (Å²) in [5.74, 6) is 0.894. The number of pyridine rings is 1. The molecule has 0 bridgehead atoms. The van der Waals surface area contributed by atoms with E-state index in [4.69, 9.17) is 11.6 Å². The van der Waals surface area contributed by atoms with Gasteiger partial charge in [0.15, 0.2) is 0 Å². The first kappa shape index (κ1) is 12.6. The highest BCUT2D eigenvalue weighted by Gasteiger charge is 2.05. The third kappa shape index (κ3) is 3.57. The predicted molar refractivity (Wildman–Crippen MR) is 80.5 cm³/mol. The molecular formula is C13H12ClIN2. The van der Waals surface area contributed by atoms with E-state index in [0.29, 0.717) is 5.15 Å². The quantitative estimate of drug-likeness (QED) is 0.609. The van der Waals surface area contributed by atoms with E-state index in [0.717, 1.165) is 15.9 Å². The lowest BCUT2D eigenvalue weighted by Crippen LogP contribution is -2.17. The number of rotatable bonds is 3. The number of benzene rings is 1. The van der Waals surface area contributed by atoms with Gasteiger partial charge in [0.25, 0.3) is 0 Å². The van der Waals surface area contributed by atoms with E-state index < -0.39 is 0 Å². The van der Waals surface area contributed by atoms with Gasteiger partial charge in [0, 0.05) is 17.2 Å². The van der Waals surface area contributed by atoms with Crippen molar-refractivity contribution in [2.45, 2.75) is 6.54 Å². The van der Waals surface area contributed by atoms with E-state index >= 15 is 0 Å². The molecule has 0 unspecified atom stereocenters. The Hall–Kier alpha value is -0.810. The Morgan fingerprint density at radius 3 is 2.59 bits per heavy atom. The van der Waals surface area contributed by atoms with Gasteiger partial charge in [-0.1, -0.05) is 41.9 Å². The SMILES string of the molecule is CN(Cc1ccccc1)c1cc(I)cc(Cl)n1. The molecule has 0 fully saturated rings. The summed E-state index contributed by atoms with van der Waals surface area (Å²) >= 11 is 8.20. The second-order valence-electron chi connectivity index (χ2n) is 3.81. The van der Waals surface area contributed by atoms with E-state index in [1.54, 1.807) is 0 Å². The van der Waals surface area contributed by atoms with Crippen LogP contribution < -0.4 is 4.90 Å². The maximum atomic E-state index is 5.95. The van der Waals surface area contributed by atoms with E-state index in [2.05, 4.69) is 44.6 Å². The predicted octanol–water partition coefficient (Wildman–Crippen LogP) is 3.98. The zero-order valence-corrected chi connectivity index (χ0v) is 12.3. The molecule has 0 aliphatic carbocycles. The molecule has 0 aliphatic rings. The van der Waals surface area contributed by atoms with Crippen molar-refractivity contribution in [2.24, 2.45) is 0 Å². The first-order valence-electron chi connectivity index (χ1n) is 5.23. The van der Waals surface area contributed by atoms with E-state index in [1.807, 2.05) is 37.4 Å². The summed E-state index contributed by atoms with van der Waals surface area (Å²) in [5.41, 5.74) is 1.26. The van der Waals surface area contributed by atoms with Crippen molar-refractivity contribution in [3.63, 3.8) is 0 Å². The van der Waals surface area contributed by atoms with Crippen molar-refractivity contribution in [1.29, 1.82) is 0 Å². The second kappa shape index (κ2) is 5.69. The molecule has 4 heteroatoms. The molecule has 2 nitrogen and oxygen atoms in total. The van der Waals surface area contributed by atoms with Crippen LogP contribution in [0.5, 0.6) is 0 Å². The monoisotopic (exact) mass is 358 g/mol. The van der Waals surface area contributed by atoms with Gasteiger partial charge in [0.2, 0.25) is 0 Å². The van der Waals surface area contributed by atoms with Crippen molar-refractivity contribution < 1.29 is 0 Å². The van der Waals surface area contributed by atoms with Crippen LogP contribution in [0.1, 0.15) is 5.56 Å². The number of halogens is 2. The third-order valence-electron chi connectivity index (χ3n) is 2.40. The molecule has 0 aliphatic heterocycles. The highest BCUT2D eigenvalue weighted by Crippen LogP contribution is 2.19. The molecule has 1 aromatic carbocycles. The first-order valence-corrected chi connectivity index (χ1v) is 6.69. The maximum absolute atomic E-state index is 5.95. The third-order valence-corrected chi connectivity index (χ3v) is 3.22. The summed E-state index contributed by atoms with van der Waals surface area (Å²) in [6, 6.07) is 14.2. The van der Waals surface area contributed by atoms with Crippen LogP contribution in [0.3, 0.4) is 0 Å². The Morgan fingerprint density at radius 1 is 1.24 bits per heavy atom. The Labute approximate surface area is 120 Å². The summed E-state index contributed by atoms with van der Waals surface area (Å²) in [5, 5.41) is 0.534. The molecule has 0 spiro atoms.